The van der Waals surface area contributed by atoms with E-state index < -0.39 is 5.91 Å². The van der Waals surface area contributed by atoms with Gasteiger partial charge in [0.05, 0.1) is 14.5 Å². The van der Waals surface area contributed by atoms with E-state index in [2.05, 4.69) is 26.1 Å². The Morgan fingerprint density at radius 2 is 2.00 bits per heavy atom. The molecule has 1 aliphatic rings. The van der Waals surface area contributed by atoms with Gasteiger partial charge in [-0.15, -0.1) is 0 Å². The van der Waals surface area contributed by atoms with Gasteiger partial charge in [0, 0.05) is 30.9 Å². The summed E-state index contributed by atoms with van der Waals surface area (Å²) in [5.41, 5.74) is 0.370. The summed E-state index contributed by atoms with van der Waals surface area (Å²) < 4.78 is 6.60. The standard InChI is InChI=1S/C18H14BrCl2N3O2/c19-14-9-13(26-18(14)24-5-1-2-6-24)7-11(10-22)17(25)23-12-3-4-15(20)16(21)8-12/h3-4,7-9H,1-2,5-6H2,(H,23,25)/b11-7-. The summed E-state index contributed by atoms with van der Waals surface area (Å²) in [6, 6.07) is 8.34. The second kappa shape index (κ2) is 8.17. The SMILES string of the molecule is N#C/C(=C/c1cc(Br)c(N2CCCC2)o1)C(=O)Nc1ccc(Cl)c(Cl)c1. The first kappa shape index (κ1) is 18.8. The Bertz CT molecular complexity index is 912. The summed E-state index contributed by atoms with van der Waals surface area (Å²) in [4.78, 5) is 14.5. The molecule has 8 heteroatoms. The molecule has 0 unspecified atom stereocenters. The van der Waals surface area contributed by atoms with E-state index in [0.29, 0.717) is 21.5 Å². The summed E-state index contributed by atoms with van der Waals surface area (Å²) in [5.74, 6) is 0.594. The molecule has 1 aromatic heterocycles. The summed E-state index contributed by atoms with van der Waals surface area (Å²) >= 11 is 15.3. The van der Waals surface area contributed by atoms with Gasteiger partial charge in [-0.1, -0.05) is 23.2 Å². The largest absolute Gasteiger partial charge is 0.440 e. The van der Waals surface area contributed by atoms with Crippen LogP contribution in [-0.2, 0) is 4.79 Å². The van der Waals surface area contributed by atoms with E-state index in [-0.39, 0.29) is 5.57 Å². The molecule has 0 spiro atoms. The van der Waals surface area contributed by atoms with Crippen molar-refractivity contribution in [3.05, 3.63) is 50.1 Å². The average molecular weight is 455 g/mol. The van der Waals surface area contributed by atoms with Gasteiger partial charge >= 0.3 is 0 Å². The highest BCUT2D eigenvalue weighted by Crippen LogP contribution is 2.33. The molecular formula is C18H14BrCl2N3O2. The van der Waals surface area contributed by atoms with E-state index in [1.807, 2.05) is 6.07 Å². The van der Waals surface area contributed by atoms with Gasteiger partial charge < -0.3 is 14.6 Å². The number of amides is 1. The van der Waals surface area contributed by atoms with Crippen molar-refractivity contribution < 1.29 is 9.21 Å². The summed E-state index contributed by atoms with van der Waals surface area (Å²) in [5, 5.41) is 12.7. The van der Waals surface area contributed by atoms with Crippen LogP contribution in [0.2, 0.25) is 10.0 Å². The molecule has 5 nitrogen and oxygen atoms in total. The Morgan fingerprint density at radius 3 is 2.65 bits per heavy atom. The monoisotopic (exact) mass is 453 g/mol. The number of benzene rings is 1. The van der Waals surface area contributed by atoms with Crippen LogP contribution >= 0.6 is 39.1 Å². The Hall–Kier alpha value is -1.94. The minimum absolute atomic E-state index is 0.0784. The van der Waals surface area contributed by atoms with Crippen LogP contribution in [-0.4, -0.2) is 19.0 Å². The van der Waals surface area contributed by atoms with Gasteiger partial charge in [0.1, 0.15) is 17.4 Å². The third-order valence-electron chi connectivity index (χ3n) is 3.91. The molecule has 3 rings (SSSR count). The van der Waals surface area contributed by atoms with E-state index in [9.17, 15) is 10.1 Å². The maximum atomic E-state index is 12.4. The van der Waals surface area contributed by atoms with Crippen molar-refractivity contribution in [1.29, 1.82) is 5.26 Å². The fourth-order valence-electron chi connectivity index (χ4n) is 2.65. The first-order valence-electron chi connectivity index (χ1n) is 7.90. The lowest BCUT2D eigenvalue weighted by Gasteiger charge is -2.13. The molecule has 1 N–H and O–H groups in total. The molecule has 1 aliphatic heterocycles. The number of hydrogen-bond acceptors (Lipinski definition) is 4. The Kier molecular flexibility index (Phi) is 5.92. The number of carbonyl (C=O) groups is 1. The van der Waals surface area contributed by atoms with Crippen LogP contribution < -0.4 is 10.2 Å². The van der Waals surface area contributed by atoms with Crippen LogP contribution in [0.5, 0.6) is 0 Å². The number of furan rings is 1. The molecule has 1 aromatic carbocycles. The van der Waals surface area contributed by atoms with E-state index in [1.165, 1.54) is 12.1 Å². The third-order valence-corrected chi connectivity index (χ3v) is 5.22. The number of anilines is 2. The van der Waals surface area contributed by atoms with E-state index in [4.69, 9.17) is 27.6 Å². The third kappa shape index (κ3) is 4.24. The lowest BCUT2D eigenvalue weighted by molar-refractivity contribution is -0.112. The highest BCUT2D eigenvalue weighted by atomic mass is 79.9. The molecule has 0 aliphatic carbocycles. The molecule has 2 aromatic rings. The predicted octanol–water partition coefficient (Wildman–Crippen LogP) is 5.49. The highest BCUT2D eigenvalue weighted by Gasteiger charge is 2.20. The second-order valence-electron chi connectivity index (χ2n) is 5.75. The number of carbonyl (C=O) groups excluding carboxylic acids is 1. The highest BCUT2D eigenvalue weighted by molar-refractivity contribution is 9.10. The Labute approximate surface area is 169 Å². The molecule has 0 bridgehead atoms. The molecule has 26 heavy (non-hydrogen) atoms. The van der Waals surface area contributed by atoms with E-state index in [0.717, 1.165) is 36.3 Å². The number of nitrogens with zero attached hydrogens (tertiary/aromatic N) is 2. The molecule has 1 fully saturated rings. The fourth-order valence-corrected chi connectivity index (χ4v) is 3.50. The number of hydrogen-bond donors (Lipinski definition) is 1. The van der Waals surface area contributed by atoms with Gasteiger partial charge in [0.15, 0.2) is 0 Å². The first-order chi connectivity index (χ1) is 12.5. The second-order valence-corrected chi connectivity index (χ2v) is 7.42. The maximum absolute atomic E-state index is 12.4. The van der Waals surface area contributed by atoms with E-state index in [1.54, 1.807) is 18.2 Å². The smallest absolute Gasteiger partial charge is 0.266 e. The summed E-state index contributed by atoms with van der Waals surface area (Å²) in [7, 11) is 0. The molecule has 0 radical (unpaired) electrons. The van der Waals surface area contributed by atoms with Crippen LogP contribution in [0.3, 0.4) is 0 Å². The number of rotatable bonds is 4. The zero-order valence-electron chi connectivity index (χ0n) is 13.6. The normalized spacial score (nSPS) is 14.4. The van der Waals surface area contributed by atoms with Crippen molar-refractivity contribution in [2.24, 2.45) is 0 Å². The molecule has 1 amide bonds. The van der Waals surface area contributed by atoms with Crippen molar-refractivity contribution in [2.75, 3.05) is 23.3 Å². The molecule has 2 heterocycles. The topological polar surface area (TPSA) is 69.3 Å². The van der Waals surface area contributed by atoms with Crippen molar-refractivity contribution in [2.45, 2.75) is 12.8 Å². The first-order valence-corrected chi connectivity index (χ1v) is 9.45. The predicted molar refractivity (Wildman–Crippen MR) is 107 cm³/mol. The fraction of sp³-hybridized carbons (Fsp3) is 0.222. The zero-order valence-corrected chi connectivity index (χ0v) is 16.7. The minimum atomic E-state index is -0.555. The van der Waals surface area contributed by atoms with Crippen LogP contribution in [0.1, 0.15) is 18.6 Å². The average Bonchev–Trinajstić information content (AvgIpc) is 3.25. The van der Waals surface area contributed by atoms with Gasteiger partial charge in [-0.25, -0.2) is 0 Å². The van der Waals surface area contributed by atoms with Crippen LogP contribution in [0, 0.1) is 11.3 Å². The molecule has 134 valence electrons. The summed E-state index contributed by atoms with van der Waals surface area (Å²) in [6.45, 7) is 1.86. The van der Waals surface area contributed by atoms with Crippen LogP contribution in [0.25, 0.3) is 6.08 Å². The summed E-state index contributed by atoms with van der Waals surface area (Å²) in [6.07, 6.45) is 3.65. The van der Waals surface area contributed by atoms with Crippen molar-refractivity contribution in [1.82, 2.24) is 0 Å². The van der Waals surface area contributed by atoms with Gasteiger partial charge in [-0.3, -0.25) is 4.79 Å². The van der Waals surface area contributed by atoms with Gasteiger partial charge in [0.25, 0.3) is 5.91 Å². The van der Waals surface area contributed by atoms with Gasteiger partial charge in [0.2, 0.25) is 5.88 Å². The number of nitriles is 1. The van der Waals surface area contributed by atoms with Crippen molar-refractivity contribution in [3.8, 4) is 6.07 Å². The van der Waals surface area contributed by atoms with Gasteiger partial charge in [-0.2, -0.15) is 5.26 Å². The minimum Gasteiger partial charge on any atom is -0.440 e. The number of nitrogens with one attached hydrogen (secondary N) is 1. The molecule has 0 saturated carbocycles. The van der Waals surface area contributed by atoms with Crippen molar-refractivity contribution >= 4 is 62.7 Å². The van der Waals surface area contributed by atoms with Crippen LogP contribution in [0.15, 0.2) is 38.7 Å². The van der Waals surface area contributed by atoms with Crippen molar-refractivity contribution in [3.63, 3.8) is 0 Å². The maximum Gasteiger partial charge on any atom is 0.266 e. The lowest BCUT2D eigenvalue weighted by Crippen LogP contribution is -2.17. The molecule has 0 atom stereocenters. The van der Waals surface area contributed by atoms with Crippen LogP contribution in [0.4, 0.5) is 11.6 Å². The molecular weight excluding hydrogens is 441 g/mol. The zero-order chi connectivity index (χ0) is 18.7. The Morgan fingerprint density at radius 1 is 1.27 bits per heavy atom. The Balaban J connectivity index is 1.79. The van der Waals surface area contributed by atoms with E-state index >= 15 is 0 Å². The van der Waals surface area contributed by atoms with Gasteiger partial charge in [-0.05, 0) is 47.0 Å². The number of halogens is 3. The lowest BCUT2D eigenvalue weighted by atomic mass is 10.2. The molecule has 1 saturated heterocycles. The quantitative estimate of drug-likeness (QED) is 0.489.